The van der Waals surface area contributed by atoms with Crippen molar-refractivity contribution in [2.45, 2.75) is 90.0 Å². The molecule has 0 unspecified atom stereocenters. The minimum Gasteiger partial charge on any atom is -0.354 e. The van der Waals surface area contributed by atoms with Crippen molar-refractivity contribution in [3.05, 3.63) is 0 Å². The second-order valence-corrected chi connectivity index (χ2v) is 7.65. The third-order valence-corrected chi connectivity index (χ3v) is 5.52. The zero-order valence-electron chi connectivity index (χ0n) is 14.7. The van der Waals surface area contributed by atoms with Gasteiger partial charge in [0.25, 0.3) is 0 Å². The topological polar surface area (TPSA) is 58.2 Å². The molecule has 1 atom stereocenters. The van der Waals surface area contributed by atoms with Gasteiger partial charge in [0.15, 0.2) is 0 Å². The minimum atomic E-state index is 0.0153. The van der Waals surface area contributed by atoms with Crippen molar-refractivity contribution >= 4 is 11.8 Å². The lowest BCUT2D eigenvalue weighted by Gasteiger charge is -2.16. The summed E-state index contributed by atoms with van der Waals surface area (Å²) >= 11 is 0. The number of nitrogens with one attached hydrogen (secondary N) is 2. The van der Waals surface area contributed by atoms with Gasteiger partial charge in [-0.15, -0.1) is 0 Å². The first-order valence-electron chi connectivity index (χ1n) is 9.69. The van der Waals surface area contributed by atoms with E-state index in [0.717, 1.165) is 24.7 Å². The first-order chi connectivity index (χ1) is 11.1. The first kappa shape index (κ1) is 18.3. The zero-order valence-corrected chi connectivity index (χ0v) is 14.7. The molecule has 2 fully saturated rings. The van der Waals surface area contributed by atoms with Crippen molar-refractivity contribution in [3.63, 3.8) is 0 Å². The molecule has 0 aromatic heterocycles. The third kappa shape index (κ3) is 7.36. The van der Waals surface area contributed by atoms with Crippen LogP contribution in [0.1, 0.15) is 84.0 Å². The summed E-state index contributed by atoms with van der Waals surface area (Å²) in [5.41, 5.74) is 0. The van der Waals surface area contributed by atoms with E-state index in [9.17, 15) is 9.59 Å². The molecule has 4 heteroatoms. The van der Waals surface area contributed by atoms with Crippen LogP contribution in [0.15, 0.2) is 0 Å². The summed E-state index contributed by atoms with van der Waals surface area (Å²) in [6.45, 7) is 2.50. The van der Waals surface area contributed by atoms with Crippen LogP contribution in [0.25, 0.3) is 0 Å². The van der Waals surface area contributed by atoms with Crippen molar-refractivity contribution in [1.29, 1.82) is 0 Å². The fourth-order valence-electron chi connectivity index (χ4n) is 4.02. The maximum absolute atomic E-state index is 11.9. The predicted molar refractivity (Wildman–Crippen MR) is 93.0 cm³/mol. The van der Waals surface area contributed by atoms with Crippen molar-refractivity contribution < 1.29 is 9.59 Å². The van der Waals surface area contributed by atoms with E-state index in [1.54, 1.807) is 0 Å². The molecule has 0 spiro atoms. The third-order valence-electron chi connectivity index (χ3n) is 5.52. The van der Waals surface area contributed by atoms with Gasteiger partial charge >= 0.3 is 0 Å². The highest BCUT2D eigenvalue weighted by Crippen LogP contribution is 2.29. The Morgan fingerprint density at radius 3 is 1.87 bits per heavy atom. The Bertz CT molecular complexity index is 372. The van der Waals surface area contributed by atoms with Crippen molar-refractivity contribution in [2.75, 3.05) is 6.54 Å². The van der Waals surface area contributed by atoms with Crippen LogP contribution in [-0.2, 0) is 9.59 Å². The molecule has 0 saturated heterocycles. The van der Waals surface area contributed by atoms with Gasteiger partial charge in [0.05, 0.1) is 0 Å². The van der Waals surface area contributed by atoms with E-state index >= 15 is 0 Å². The summed E-state index contributed by atoms with van der Waals surface area (Å²) in [7, 11) is 0. The van der Waals surface area contributed by atoms with Crippen LogP contribution < -0.4 is 10.6 Å². The summed E-state index contributed by atoms with van der Waals surface area (Å²) in [4.78, 5) is 23.8. The smallest absolute Gasteiger partial charge is 0.220 e. The molecule has 2 N–H and O–H groups in total. The summed E-state index contributed by atoms with van der Waals surface area (Å²) in [5, 5.41) is 5.96. The molecule has 2 saturated carbocycles. The van der Waals surface area contributed by atoms with Crippen LogP contribution in [-0.4, -0.2) is 24.4 Å². The van der Waals surface area contributed by atoms with E-state index < -0.39 is 0 Å². The zero-order chi connectivity index (χ0) is 16.5. The molecule has 23 heavy (non-hydrogen) atoms. The summed E-state index contributed by atoms with van der Waals surface area (Å²) in [5.74, 6) is 1.77. The van der Waals surface area contributed by atoms with Crippen molar-refractivity contribution in [1.82, 2.24) is 10.6 Å². The van der Waals surface area contributed by atoms with Gasteiger partial charge in [-0.1, -0.05) is 51.4 Å². The lowest BCUT2D eigenvalue weighted by atomic mass is 10.0. The summed E-state index contributed by atoms with van der Waals surface area (Å²) < 4.78 is 0. The van der Waals surface area contributed by atoms with Crippen LogP contribution in [0.2, 0.25) is 0 Å². The van der Waals surface area contributed by atoms with E-state index in [-0.39, 0.29) is 17.9 Å². The van der Waals surface area contributed by atoms with E-state index in [4.69, 9.17) is 0 Å². The Morgan fingerprint density at radius 1 is 0.870 bits per heavy atom. The largest absolute Gasteiger partial charge is 0.354 e. The Balaban J connectivity index is 1.50. The molecule has 2 amide bonds. The SMILES string of the molecule is C[C@H](CNC(=O)CCC1CCCC1)NC(=O)CCC1CCCC1. The first-order valence-corrected chi connectivity index (χ1v) is 9.69. The lowest BCUT2D eigenvalue weighted by Crippen LogP contribution is -2.41. The maximum atomic E-state index is 11.9. The van der Waals surface area contributed by atoms with Gasteiger partial charge in [-0.3, -0.25) is 9.59 Å². The summed E-state index contributed by atoms with van der Waals surface area (Å²) in [6, 6.07) is 0.0153. The molecule has 0 aromatic rings. The number of amides is 2. The molecule has 0 bridgehead atoms. The molecule has 2 rings (SSSR count). The van der Waals surface area contributed by atoms with Crippen LogP contribution in [0.3, 0.4) is 0 Å². The van der Waals surface area contributed by atoms with Crippen LogP contribution in [0, 0.1) is 11.8 Å². The van der Waals surface area contributed by atoms with Crippen LogP contribution >= 0.6 is 0 Å². The number of rotatable bonds is 9. The second-order valence-electron chi connectivity index (χ2n) is 7.65. The van der Waals surface area contributed by atoms with Gasteiger partial charge in [0, 0.05) is 25.4 Å². The minimum absolute atomic E-state index is 0.0153. The van der Waals surface area contributed by atoms with Gasteiger partial charge in [-0.05, 0) is 31.6 Å². The van der Waals surface area contributed by atoms with Crippen molar-refractivity contribution in [3.8, 4) is 0 Å². The van der Waals surface area contributed by atoms with Gasteiger partial charge in [0.1, 0.15) is 0 Å². The number of hydrogen-bond acceptors (Lipinski definition) is 2. The summed E-state index contributed by atoms with van der Waals surface area (Å²) in [6.07, 6.45) is 13.8. The Morgan fingerprint density at radius 2 is 1.35 bits per heavy atom. The molecule has 0 aliphatic heterocycles. The Labute approximate surface area is 141 Å². The van der Waals surface area contributed by atoms with E-state index in [2.05, 4.69) is 10.6 Å². The molecule has 0 aromatic carbocycles. The van der Waals surface area contributed by atoms with Gasteiger partial charge < -0.3 is 10.6 Å². The average molecular weight is 322 g/mol. The van der Waals surface area contributed by atoms with Crippen molar-refractivity contribution in [2.24, 2.45) is 11.8 Å². The van der Waals surface area contributed by atoms with Crippen LogP contribution in [0.4, 0.5) is 0 Å². The quantitative estimate of drug-likeness (QED) is 0.682. The van der Waals surface area contributed by atoms with Gasteiger partial charge in [-0.25, -0.2) is 0 Å². The van der Waals surface area contributed by atoms with Gasteiger partial charge in [-0.2, -0.15) is 0 Å². The molecular weight excluding hydrogens is 288 g/mol. The lowest BCUT2D eigenvalue weighted by molar-refractivity contribution is -0.123. The Hall–Kier alpha value is -1.06. The normalized spacial score (nSPS) is 20.6. The predicted octanol–water partition coefficient (Wildman–Crippen LogP) is 3.55. The van der Waals surface area contributed by atoms with E-state index in [1.807, 2.05) is 6.92 Å². The maximum Gasteiger partial charge on any atom is 0.220 e. The number of carbonyl (C=O) groups is 2. The van der Waals surface area contributed by atoms with E-state index in [1.165, 1.54) is 51.4 Å². The molecule has 4 nitrogen and oxygen atoms in total. The molecule has 2 aliphatic carbocycles. The fourth-order valence-corrected chi connectivity index (χ4v) is 4.02. The highest BCUT2D eigenvalue weighted by atomic mass is 16.2. The van der Waals surface area contributed by atoms with Crippen LogP contribution in [0.5, 0.6) is 0 Å². The van der Waals surface area contributed by atoms with Gasteiger partial charge in [0.2, 0.25) is 11.8 Å². The number of carbonyl (C=O) groups excluding carboxylic acids is 2. The fraction of sp³-hybridized carbons (Fsp3) is 0.895. The second kappa shape index (κ2) is 9.94. The average Bonchev–Trinajstić information content (AvgIpc) is 3.22. The molecule has 0 heterocycles. The van der Waals surface area contributed by atoms with E-state index in [0.29, 0.717) is 19.4 Å². The highest BCUT2D eigenvalue weighted by molar-refractivity contribution is 5.77. The standard InChI is InChI=1S/C19H34N2O2/c1-15(21-19(23)13-11-17-8-4-5-9-17)14-20-18(22)12-10-16-6-2-3-7-16/h15-17H,2-14H2,1H3,(H,20,22)(H,21,23)/t15-/m1/s1. The monoisotopic (exact) mass is 322 g/mol. The molecule has 132 valence electrons. The highest BCUT2D eigenvalue weighted by Gasteiger charge is 2.18. The molecule has 0 radical (unpaired) electrons. The molecular formula is C19H34N2O2. The Kier molecular flexibility index (Phi) is 7.90. The number of hydrogen-bond donors (Lipinski definition) is 2. The molecule has 2 aliphatic rings.